The Morgan fingerprint density at radius 1 is 1.11 bits per heavy atom. The number of hydrogen-bond acceptors (Lipinski definition) is 3. The molecule has 1 aromatic heterocycles. The van der Waals surface area contributed by atoms with Crippen LogP contribution in [-0.4, -0.2) is 23.5 Å². The Kier molecular flexibility index (Phi) is 6.48. The summed E-state index contributed by atoms with van der Waals surface area (Å²) in [4.78, 5) is 27.2. The third-order valence-corrected chi connectivity index (χ3v) is 5.01. The van der Waals surface area contributed by atoms with Crippen molar-refractivity contribution in [3.05, 3.63) is 65.9 Å². The third kappa shape index (κ3) is 5.00. The molecular formula is C23H26N2O3. The van der Waals surface area contributed by atoms with Gasteiger partial charge in [0, 0.05) is 29.2 Å². The molecule has 0 aliphatic heterocycles. The number of rotatable bonds is 8. The summed E-state index contributed by atoms with van der Waals surface area (Å²) in [5.74, 6) is -0.230. The molecule has 0 radical (unpaired) electrons. The van der Waals surface area contributed by atoms with Gasteiger partial charge in [-0.3, -0.25) is 9.59 Å². The van der Waals surface area contributed by atoms with E-state index in [4.69, 9.17) is 4.74 Å². The highest BCUT2D eigenvalue weighted by Gasteiger charge is 2.11. The van der Waals surface area contributed by atoms with E-state index in [1.807, 2.05) is 54.7 Å². The molecule has 1 heterocycles. The van der Waals surface area contributed by atoms with Gasteiger partial charge >= 0.3 is 5.97 Å². The number of H-pyrrole nitrogens is 1. The molecule has 3 aromatic rings. The molecule has 0 unspecified atom stereocenters. The molecule has 0 saturated heterocycles. The van der Waals surface area contributed by atoms with E-state index in [0.29, 0.717) is 18.0 Å². The van der Waals surface area contributed by atoms with Gasteiger partial charge in [-0.25, -0.2) is 0 Å². The van der Waals surface area contributed by atoms with Gasteiger partial charge in [0.25, 0.3) is 5.91 Å². The smallest absolute Gasteiger partial charge is 0.306 e. The van der Waals surface area contributed by atoms with E-state index in [1.54, 1.807) is 0 Å². The van der Waals surface area contributed by atoms with E-state index >= 15 is 0 Å². The summed E-state index contributed by atoms with van der Waals surface area (Å²) in [5, 5.41) is 3.86. The molecule has 0 aliphatic carbocycles. The zero-order valence-corrected chi connectivity index (χ0v) is 16.3. The number of amides is 1. The van der Waals surface area contributed by atoms with E-state index in [2.05, 4.69) is 24.1 Å². The van der Waals surface area contributed by atoms with Crippen molar-refractivity contribution in [1.29, 1.82) is 0 Å². The van der Waals surface area contributed by atoms with Gasteiger partial charge in [-0.05, 0) is 48.1 Å². The van der Waals surface area contributed by atoms with Crippen molar-refractivity contribution in [3.63, 3.8) is 0 Å². The van der Waals surface area contributed by atoms with Crippen LogP contribution in [0.25, 0.3) is 10.9 Å². The number of aromatic amines is 1. The topological polar surface area (TPSA) is 71.2 Å². The van der Waals surface area contributed by atoms with Crippen LogP contribution in [-0.2, 0) is 20.7 Å². The summed E-state index contributed by atoms with van der Waals surface area (Å²) < 4.78 is 5.10. The largest absolute Gasteiger partial charge is 0.456 e. The summed E-state index contributed by atoms with van der Waals surface area (Å²) >= 11 is 0. The molecule has 1 amide bonds. The second-order valence-electron chi connectivity index (χ2n) is 7.00. The lowest BCUT2D eigenvalue weighted by atomic mass is 9.99. The molecule has 1 atom stereocenters. The number of esters is 1. The van der Waals surface area contributed by atoms with Crippen molar-refractivity contribution in [2.24, 2.45) is 0 Å². The first-order valence-electron chi connectivity index (χ1n) is 9.67. The minimum Gasteiger partial charge on any atom is -0.456 e. The average molecular weight is 378 g/mol. The molecule has 0 bridgehead atoms. The van der Waals surface area contributed by atoms with Gasteiger partial charge in [0.2, 0.25) is 0 Å². The van der Waals surface area contributed by atoms with E-state index in [0.717, 1.165) is 22.9 Å². The van der Waals surface area contributed by atoms with Crippen LogP contribution in [0.3, 0.4) is 0 Å². The number of aromatic nitrogens is 1. The quantitative estimate of drug-likeness (QED) is 0.553. The Labute approximate surface area is 165 Å². The SMILES string of the molecule is CC[C@H](C)c1ccc(NC(=O)COC(=O)CCc2c[nH]c3ccccc23)cc1. The van der Waals surface area contributed by atoms with Crippen LogP contribution in [0.5, 0.6) is 0 Å². The standard InChI is InChI=1S/C23H26N2O3/c1-3-16(2)17-8-11-19(12-9-17)25-22(26)15-28-23(27)13-10-18-14-24-21-7-5-4-6-20(18)21/h4-9,11-12,14,16,24H,3,10,13,15H2,1-2H3,(H,25,26)/t16-/m0/s1. The number of benzene rings is 2. The van der Waals surface area contributed by atoms with E-state index in [-0.39, 0.29) is 24.9 Å². The predicted octanol–water partition coefficient (Wildman–Crippen LogP) is 4.80. The first kappa shape index (κ1) is 19.7. The number of aryl methyl sites for hydroxylation is 1. The Morgan fingerprint density at radius 2 is 1.86 bits per heavy atom. The zero-order valence-electron chi connectivity index (χ0n) is 16.3. The van der Waals surface area contributed by atoms with Gasteiger partial charge in [0.15, 0.2) is 6.61 Å². The van der Waals surface area contributed by atoms with E-state index < -0.39 is 0 Å². The lowest BCUT2D eigenvalue weighted by Gasteiger charge is -2.10. The van der Waals surface area contributed by atoms with Gasteiger partial charge in [0.05, 0.1) is 0 Å². The molecule has 0 spiro atoms. The zero-order chi connectivity index (χ0) is 19.9. The fourth-order valence-electron chi connectivity index (χ4n) is 3.12. The van der Waals surface area contributed by atoms with Gasteiger partial charge in [0.1, 0.15) is 0 Å². The maximum Gasteiger partial charge on any atom is 0.306 e. The van der Waals surface area contributed by atoms with Crippen molar-refractivity contribution in [1.82, 2.24) is 4.98 Å². The minimum absolute atomic E-state index is 0.235. The Morgan fingerprint density at radius 3 is 2.61 bits per heavy atom. The second-order valence-corrected chi connectivity index (χ2v) is 7.00. The van der Waals surface area contributed by atoms with Crippen LogP contribution in [0.1, 0.15) is 43.7 Å². The number of ether oxygens (including phenoxy) is 1. The molecule has 5 nitrogen and oxygen atoms in total. The first-order chi connectivity index (χ1) is 13.6. The number of anilines is 1. The fraction of sp³-hybridized carbons (Fsp3) is 0.304. The van der Waals surface area contributed by atoms with Crippen molar-refractivity contribution >= 4 is 28.5 Å². The minimum atomic E-state index is -0.382. The molecule has 2 N–H and O–H groups in total. The molecule has 5 heteroatoms. The fourth-order valence-corrected chi connectivity index (χ4v) is 3.12. The van der Waals surface area contributed by atoms with Crippen LogP contribution in [0.2, 0.25) is 0 Å². The van der Waals surface area contributed by atoms with Crippen molar-refractivity contribution in [2.75, 3.05) is 11.9 Å². The number of para-hydroxylation sites is 1. The van der Waals surface area contributed by atoms with Crippen LogP contribution >= 0.6 is 0 Å². The summed E-state index contributed by atoms with van der Waals surface area (Å²) in [6, 6.07) is 15.7. The lowest BCUT2D eigenvalue weighted by molar-refractivity contribution is -0.147. The molecule has 3 rings (SSSR count). The van der Waals surface area contributed by atoms with Crippen LogP contribution in [0, 0.1) is 0 Å². The Bertz CT molecular complexity index is 944. The van der Waals surface area contributed by atoms with Crippen molar-refractivity contribution in [3.8, 4) is 0 Å². The highest BCUT2D eigenvalue weighted by Crippen LogP contribution is 2.21. The Hall–Kier alpha value is -3.08. The van der Waals surface area contributed by atoms with Crippen molar-refractivity contribution < 1.29 is 14.3 Å². The molecule has 0 fully saturated rings. The van der Waals surface area contributed by atoms with E-state index in [1.165, 1.54) is 5.56 Å². The maximum atomic E-state index is 12.0. The summed E-state index contributed by atoms with van der Waals surface area (Å²) in [6.45, 7) is 4.04. The number of fused-ring (bicyclic) bond motifs is 1. The van der Waals surface area contributed by atoms with Crippen LogP contribution < -0.4 is 5.32 Å². The van der Waals surface area contributed by atoms with Crippen LogP contribution in [0.15, 0.2) is 54.7 Å². The molecule has 28 heavy (non-hydrogen) atoms. The summed E-state index contributed by atoms with van der Waals surface area (Å²) in [5.41, 5.74) is 4.05. The summed E-state index contributed by atoms with van der Waals surface area (Å²) in [6.07, 6.45) is 3.79. The molecule has 0 aliphatic rings. The monoisotopic (exact) mass is 378 g/mol. The number of nitrogens with one attached hydrogen (secondary N) is 2. The number of carbonyl (C=O) groups is 2. The molecular weight excluding hydrogens is 352 g/mol. The average Bonchev–Trinajstić information content (AvgIpc) is 3.14. The third-order valence-electron chi connectivity index (χ3n) is 5.01. The van der Waals surface area contributed by atoms with Crippen molar-refractivity contribution in [2.45, 2.75) is 39.0 Å². The van der Waals surface area contributed by atoms with Gasteiger partial charge in [-0.15, -0.1) is 0 Å². The van der Waals surface area contributed by atoms with E-state index in [9.17, 15) is 9.59 Å². The number of carbonyl (C=O) groups excluding carboxylic acids is 2. The second kappa shape index (κ2) is 9.22. The normalized spacial score (nSPS) is 11.9. The van der Waals surface area contributed by atoms with Gasteiger partial charge in [-0.1, -0.05) is 44.2 Å². The predicted molar refractivity (Wildman–Crippen MR) is 111 cm³/mol. The molecule has 146 valence electrons. The lowest BCUT2D eigenvalue weighted by Crippen LogP contribution is -2.21. The van der Waals surface area contributed by atoms with Crippen LogP contribution in [0.4, 0.5) is 5.69 Å². The number of hydrogen-bond donors (Lipinski definition) is 2. The molecule has 0 saturated carbocycles. The highest BCUT2D eigenvalue weighted by atomic mass is 16.5. The maximum absolute atomic E-state index is 12.0. The van der Waals surface area contributed by atoms with Gasteiger partial charge < -0.3 is 15.0 Å². The Balaban J connectivity index is 1.43. The molecule has 2 aromatic carbocycles. The first-order valence-corrected chi connectivity index (χ1v) is 9.67. The highest BCUT2D eigenvalue weighted by molar-refractivity contribution is 5.92. The van der Waals surface area contributed by atoms with Gasteiger partial charge in [-0.2, -0.15) is 0 Å². The summed E-state index contributed by atoms with van der Waals surface area (Å²) in [7, 11) is 0.